The monoisotopic (exact) mass is 295 g/mol. The minimum absolute atomic E-state index is 0.00153. The minimum atomic E-state index is -3.34. The van der Waals surface area contributed by atoms with Crippen LogP contribution in [0.1, 0.15) is 12.0 Å². The van der Waals surface area contributed by atoms with Gasteiger partial charge in [-0.2, -0.15) is 0 Å². The second-order valence-electron chi connectivity index (χ2n) is 4.85. The highest BCUT2D eigenvalue weighted by molar-refractivity contribution is 7.92. The lowest BCUT2D eigenvalue weighted by Crippen LogP contribution is -2.38. The zero-order chi connectivity index (χ0) is 14.2. The smallest absolute Gasteiger partial charge is 0.237 e. The maximum atomic E-state index is 12.4. The Morgan fingerprint density at radius 3 is 3.10 bits per heavy atom. The average Bonchev–Trinajstić information content (AvgIpc) is 2.93. The van der Waals surface area contributed by atoms with Crippen molar-refractivity contribution in [3.63, 3.8) is 0 Å². The predicted octanol–water partition coefficient (Wildman–Crippen LogP) is 1.29. The van der Waals surface area contributed by atoms with Crippen molar-refractivity contribution in [1.82, 2.24) is 9.97 Å². The highest BCUT2D eigenvalue weighted by atomic mass is 32.2. The lowest BCUT2D eigenvalue weighted by Gasteiger charge is -2.30. The highest BCUT2D eigenvalue weighted by Gasteiger charge is 2.28. The largest absolute Gasteiger partial charge is 0.384 e. The fourth-order valence-electron chi connectivity index (χ4n) is 2.64. The topological polar surface area (TPSA) is 75.3 Å². The van der Waals surface area contributed by atoms with Gasteiger partial charge < -0.3 is 9.72 Å². The minimum Gasteiger partial charge on any atom is -0.384 e. The number of nitrogens with one attached hydrogen (secondary N) is 1. The number of ether oxygens (including phenoxy) is 1. The van der Waals surface area contributed by atoms with E-state index < -0.39 is 10.0 Å². The van der Waals surface area contributed by atoms with Crippen molar-refractivity contribution in [3.05, 3.63) is 24.0 Å². The van der Waals surface area contributed by atoms with E-state index in [-0.39, 0.29) is 12.4 Å². The van der Waals surface area contributed by atoms with Gasteiger partial charge in [-0.1, -0.05) is 0 Å². The molecule has 108 valence electrons. The van der Waals surface area contributed by atoms with Gasteiger partial charge in [0.1, 0.15) is 0 Å². The molecule has 0 saturated heterocycles. The molecule has 3 rings (SSSR count). The normalized spacial score (nSPS) is 15.6. The fourth-order valence-corrected chi connectivity index (χ4v) is 4.12. The highest BCUT2D eigenvalue weighted by Crippen LogP contribution is 2.33. The van der Waals surface area contributed by atoms with Crippen molar-refractivity contribution < 1.29 is 13.2 Å². The standard InChI is InChI=1S/C13H17N3O3S/c1-19-7-8-20(17,18)16-6-2-3-10-12(16)5-4-11-13(10)15-9-14-11/h4-5,9H,2-3,6-8H2,1H3,(H,14,15). The maximum Gasteiger partial charge on any atom is 0.237 e. The van der Waals surface area contributed by atoms with Gasteiger partial charge in [0.25, 0.3) is 0 Å². The summed E-state index contributed by atoms with van der Waals surface area (Å²) in [4.78, 5) is 7.37. The number of fused-ring (bicyclic) bond motifs is 3. The third-order valence-electron chi connectivity index (χ3n) is 3.61. The first kappa shape index (κ1) is 13.4. The van der Waals surface area contributed by atoms with Crippen molar-refractivity contribution in [1.29, 1.82) is 0 Å². The number of methoxy groups -OCH3 is 1. The number of hydrogen-bond donors (Lipinski definition) is 1. The molecule has 20 heavy (non-hydrogen) atoms. The lowest BCUT2D eigenvalue weighted by atomic mass is 10.0. The van der Waals surface area contributed by atoms with Gasteiger partial charge in [-0.15, -0.1) is 0 Å². The Labute approximate surface area is 117 Å². The first-order valence-corrected chi connectivity index (χ1v) is 8.19. The molecule has 7 heteroatoms. The molecule has 0 radical (unpaired) electrons. The van der Waals surface area contributed by atoms with Crippen molar-refractivity contribution in [3.8, 4) is 0 Å². The molecule has 0 amide bonds. The number of benzene rings is 1. The Balaban J connectivity index is 2.06. The first-order valence-electron chi connectivity index (χ1n) is 6.58. The van der Waals surface area contributed by atoms with E-state index in [2.05, 4.69) is 9.97 Å². The molecule has 1 aliphatic rings. The Morgan fingerprint density at radius 2 is 2.30 bits per heavy atom. The number of aromatic amines is 1. The number of nitrogens with zero attached hydrogens (tertiary/aromatic N) is 2. The molecule has 2 aromatic rings. The van der Waals surface area contributed by atoms with Crippen LogP contribution in [0.25, 0.3) is 11.0 Å². The lowest BCUT2D eigenvalue weighted by molar-refractivity contribution is 0.217. The third-order valence-corrected chi connectivity index (χ3v) is 5.34. The molecule has 6 nitrogen and oxygen atoms in total. The Bertz CT molecular complexity index is 724. The summed E-state index contributed by atoms with van der Waals surface area (Å²) in [5.74, 6) is 0.00153. The molecule has 0 bridgehead atoms. The van der Waals surface area contributed by atoms with Gasteiger partial charge in [0.2, 0.25) is 10.0 Å². The molecule has 1 aromatic heterocycles. The second kappa shape index (κ2) is 5.06. The van der Waals surface area contributed by atoms with Crippen LogP contribution in [0.2, 0.25) is 0 Å². The van der Waals surface area contributed by atoms with E-state index in [1.165, 1.54) is 11.4 Å². The molecule has 0 aliphatic carbocycles. The van der Waals surface area contributed by atoms with Crippen LogP contribution < -0.4 is 4.31 Å². The summed E-state index contributed by atoms with van der Waals surface area (Å²) in [5.41, 5.74) is 3.58. The van der Waals surface area contributed by atoms with E-state index in [4.69, 9.17) is 4.74 Å². The fraction of sp³-hybridized carbons (Fsp3) is 0.462. The van der Waals surface area contributed by atoms with Crippen LogP contribution in [-0.2, 0) is 21.2 Å². The number of imidazole rings is 1. The molecular formula is C13H17N3O3S. The van der Waals surface area contributed by atoms with E-state index in [0.29, 0.717) is 6.54 Å². The van der Waals surface area contributed by atoms with Gasteiger partial charge in [0, 0.05) is 19.2 Å². The Hall–Kier alpha value is -1.60. The number of hydrogen-bond acceptors (Lipinski definition) is 4. The summed E-state index contributed by atoms with van der Waals surface area (Å²) in [6.07, 6.45) is 3.31. The van der Waals surface area contributed by atoms with E-state index in [1.54, 1.807) is 6.33 Å². The molecule has 0 spiro atoms. The number of H-pyrrole nitrogens is 1. The van der Waals surface area contributed by atoms with Crippen LogP contribution in [0.5, 0.6) is 0 Å². The van der Waals surface area contributed by atoms with E-state index in [9.17, 15) is 8.42 Å². The van der Waals surface area contributed by atoms with Crippen LogP contribution >= 0.6 is 0 Å². The zero-order valence-corrected chi connectivity index (χ0v) is 12.1. The molecule has 1 aliphatic heterocycles. The predicted molar refractivity (Wildman–Crippen MR) is 77.4 cm³/mol. The van der Waals surface area contributed by atoms with Gasteiger partial charge in [0.05, 0.1) is 35.4 Å². The Kier molecular flexibility index (Phi) is 3.39. The SMILES string of the molecule is COCCS(=O)(=O)N1CCCc2c1ccc1[nH]cnc21. The van der Waals surface area contributed by atoms with Gasteiger partial charge in [-0.25, -0.2) is 13.4 Å². The van der Waals surface area contributed by atoms with Crippen LogP contribution in [0.15, 0.2) is 18.5 Å². The summed E-state index contributed by atoms with van der Waals surface area (Å²) in [7, 11) is -1.83. The third kappa shape index (κ3) is 2.16. The van der Waals surface area contributed by atoms with E-state index >= 15 is 0 Å². The van der Waals surface area contributed by atoms with Crippen molar-refractivity contribution >= 4 is 26.7 Å². The number of rotatable bonds is 4. The van der Waals surface area contributed by atoms with Crippen molar-refractivity contribution in [2.24, 2.45) is 0 Å². The summed E-state index contributed by atoms with van der Waals surface area (Å²) < 4.78 is 31.2. The summed E-state index contributed by atoms with van der Waals surface area (Å²) >= 11 is 0. The number of aromatic nitrogens is 2. The van der Waals surface area contributed by atoms with Crippen molar-refractivity contribution in [2.75, 3.05) is 30.3 Å². The number of aryl methyl sites for hydroxylation is 1. The van der Waals surface area contributed by atoms with Crippen LogP contribution in [0.3, 0.4) is 0 Å². The van der Waals surface area contributed by atoms with Gasteiger partial charge >= 0.3 is 0 Å². The first-order chi connectivity index (χ1) is 9.63. The van der Waals surface area contributed by atoms with Gasteiger partial charge in [-0.05, 0) is 25.0 Å². The van der Waals surface area contributed by atoms with Crippen LogP contribution in [0, 0.1) is 0 Å². The van der Waals surface area contributed by atoms with Crippen LogP contribution in [0.4, 0.5) is 5.69 Å². The summed E-state index contributed by atoms with van der Waals surface area (Å²) in [5, 5.41) is 0. The number of anilines is 1. The summed E-state index contributed by atoms with van der Waals surface area (Å²) in [6, 6.07) is 3.74. The van der Waals surface area contributed by atoms with Gasteiger partial charge in [0.15, 0.2) is 0 Å². The molecular weight excluding hydrogens is 278 g/mol. The summed E-state index contributed by atoms with van der Waals surface area (Å²) in [6.45, 7) is 0.730. The van der Waals surface area contributed by atoms with Crippen LogP contribution in [-0.4, -0.2) is 44.4 Å². The molecule has 0 unspecified atom stereocenters. The van der Waals surface area contributed by atoms with E-state index in [1.807, 2.05) is 12.1 Å². The average molecular weight is 295 g/mol. The van der Waals surface area contributed by atoms with Crippen molar-refractivity contribution in [2.45, 2.75) is 12.8 Å². The zero-order valence-electron chi connectivity index (χ0n) is 11.3. The Morgan fingerprint density at radius 1 is 1.45 bits per heavy atom. The molecule has 1 aromatic carbocycles. The second-order valence-corrected chi connectivity index (χ2v) is 6.86. The van der Waals surface area contributed by atoms with E-state index in [0.717, 1.165) is 35.1 Å². The molecule has 0 saturated carbocycles. The molecule has 0 atom stereocenters. The quantitative estimate of drug-likeness (QED) is 0.922. The molecule has 1 N–H and O–H groups in total. The number of sulfonamides is 1. The molecule has 0 fully saturated rings. The molecule has 2 heterocycles. The van der Waals surface area contributed by atoms with Gasteiger partial charge in [-0.3, -0.25) is 4.31 Å². The maximum absolute atomic E-state index is 12.4.